The van der Waals surface area contributed by atoms with Gasteiger partial charge in [0, 0.05) is 26.6 Å². The van der Waals surface area contributed by atoms with Crippen molar-refractivity contribution < 1.29 is 9.52 Å². The summed E-state index contributed by atoms with van der Waals surface area (Å²) in [4.78, 5) is 12.7. The number of thiazole rings is 1. The molecule has 0 fully saturated rings. The molecule has 1 aromatic carbocycles. The van der Waals surface area contributed by atoms with Gasteiger partial charge in [-0.2, -0.15) is 4.73 Å². The number of carbonyl (C=O) groups excluding carboxylic acids is 1. The second kappa shape index (κ2) is 4.71. The molecule has 0 saturated carbocycles. The van der Waals surface area contributed by atoms with Crippen molar-refractivity contribution in [1.29, 1.82) is 0 Å². The summed E-state index contributed by atoms with van der Waals surface area (Å²) in [6, 6.07) is 7.53. The second-order valence-electron chi connectivity index (χ2n) is 3.95. The molecule has 0 bridgehead atoms. The number of benzene rings is 1. The lowest BCUT2D eigenvalue weighted by molar-refractivity contribution is -0.580. The van der Waals surface area contributed by atoms with Gasteiger partial charge in [0.2, 0.25) is 11.4 Å². The third kappa shape index (κ3) is 2.39. The number of fused-ring (bicyclic) bond motifs is 1. The summed E-state index contributed by atoms with van der Waals surface area (Å²) < 4.78 is 1.96. The minimum Gasteiger partial charge on any atom is -0.617 e. The molecule has 2 rings (SSSR count). The third-order valence-electron chi connectivity index (χ3n) is 2.74. The maximum Gasteiger partial charge on any atom is 0.251 e. The zero-order valence-corrected chi connectivity index (χ0v) is 10.7. The van der Waals surface area contributed by atoms with Crippen LogP contribution in [0.4, 0.5) is 0 Å². The van der Waals surface area contributed by atoms with E-state index in [1.165, 1.54) is 18.3 Å². The average Bonchev–Trinajstić information content (AvgIpc) is 2.64. The fourth-order valence-electron chi connectivity index (χ4n) is 1.59. The van der Waals surface area contributed by atoms with E-state index in [4.69, 9.17) is 0 Å². The Morgan fingerprint density at radius 3 is 2.82 bits per heavy atom. The molecule has 1 heterocycles. The maximum atomic E-state index is 11.9. The summed E-state index contributed by atoms with van der Waals surface area (Å²) >= 11 is 1.49. The van der Waals surface area contributed by atoms with Crippen molar-refractivity contribution >= 4 is 27.5 Å². The molecule has 17 heavy (non-hydrogen) atoms. The highest BCUT2D eigenvalue weighted by Crippen LogP contribution is 2.19. The van der Waals surface area contributed by atoms with Crippen molar-refractivity contribution in [3.63, 3.8) is 0 Å². The number of nitrogens with zero attached hydrogens (tertiary/aromatic N) is 2. The number of hydrogen-bond acceptors (Lipinski definition) is 3. The molecule has 0 N–H and O–H groups in total. The molecule has 0 saturated heterocycles. The van der Waals surface area contributed by atoms with Crippen LogP contribution in [0.3, 0.4) is 0 Å². The lowest BCUT2D eigenvalue weighted by Gasteiger charge is -2.12. The van der Waals surface area contributed by atoms with Gasteiger partial charge in [-0.15, -0.1) is 0 Å². The average molecular weight is 250 g/mol. The molecule has 2 aromatic rings. The van der Waals surface area contributed by atoms with E-state index in [0.29, 0.717) is 18.5 Å². The van der Waals surface area contributed by atoms with Crippen LogP contribution in [0, 0.1) is 5.21 Å². The number of rotatable bonds is 3. The second-order valence-corrected chi connectivity index (χ2v) is 5.06. The van der Waals surface area contributed by atoms with E-state index < -0.39 is 0 Å². The van der Waals surface area contributed by atoms with E-state index in [9.17, 15) is 10.0 Å². The van der Waals surface area contributed by atoms with E-state index in [2.05, 4.69) is 0 Å². The molecule has 0 aliphatic rings. The summed E-state index contributed by atoms with van der Waals surface area (Å²) in [6.07, 6.45) is 0.596. The Hall–Kier alpha value is -1.62. The van der Waals surface area contributed by atoms with Gasteiger partial charge in [-0.1, -0.05) is 23.5 Å². The van der Waals surface area contributed by atoms with Crippen molar-refractivity contribution in [3.05, 3.63) is 34.5 Å². The summed E-state index contributed by atoms with van der Waals surface area (Å²) in [5, 5.41) is 12.7. The highest BCUT2D eigenvalue weighted by Gasteiger charge is 2.15. The molecule has 5 heteroatoms. The van der Waals surface area contributed by atoms with Crippen LogP contribution in [-0.2, 0) is 11.2 Å². The Labute approximate surface area is 104 Å². The summed E-state index contributed by atoms with van der Waals surface area (Å²) in [6.45, 7) is 2.10. The molecule has 1 aromatic heterocycles. The predicted octanol–water partition coefficient (Wildman–Crippen LogP) is 1.56. The molecule has 0 radical (unpaired) electrons. The zero-order valence-electron chi connectivity index (χ0n) is 9.84. The van der Waals surface area contributed by atoms with E-state index >= 15 is 0 Å². The monoisotopic (exact) mass is 250 g/mol. The first-order valence-corrected chi connectivity index (χ1v) is 6.23. The SMILES string of the molecule is CC(=O)N(C)CCc1sc2ccccc2[n+]1[O-]. The van der Waals surface area contributed by atoms with Gasteiger partial charge in [0.1, 0.15) is 4.70 Å². The first kappa shape index (κ1) is 11.9. The Balaban J connectivity index is 2.19. The molecule has 4 nitrogen and oxygen atoms in total. The van der Waals surface area contributed by atoms with Gasteiger partial charge in [0.15, 0.2) is 0 Å². The normalized spacial score (nSPS) is 10.7. The van der Waals surface area contributed by atoms with Gasteiger partial charge in [0.25, 0.3) is 5.01 Å². The Morgan fingerprint density at radius 2 is 2.18 bits per heavy atom. The third-order valence-corrected chi connectivity index (χ3v) is 3.91. The van der Waals surface area contributed by atoms with Gasteiger partial charge in [-0.25, -0.2) is 0 Å². The lowest BCUT2D eigenvalue weighted by Crippen LogP contribution is -2.32. The Morgan fingerprint density at radius 1 is 1.47 bits per heavy atom. The zero-order chi connectivity index (χ0) is 12.4. The molecular weight excluding hydrogens is 236 g/mol. The molecule has 90 valence electrons. The van der Waals surface area contributed by atoms with Crippen molar-refractivity contribution in [2.24, 2.45) is 0 Å². The van der Waals surface area contributed by atoms with Gasteiger partial charge in [-0.05, 0) is 6.07 Å². The predicted molar refractivity (Wildman–Crippen MR) is 67.8 cm³/mol. The topological polar surface area (TPSA) is 47.2 Å². The molecule has 0 aliphatic heterocycles. The smallest absolute Gasteiger partial charge is 0.251 e. The molecule has 0 atom stereocenters. The molecule has 0 aliphatic carbocycles. The van der Waals surface area contributed by atoms with Crippen LogP contribution in [0.5, 0.6) is 0 Å². The molecular formula is C12H14N2O2S. The van der Waals surface area contributed by atoms with Crippen molar-refractivity contribution in [2.75, 3.05) is 13.6 Å². The van der Waals surface area contributed by atoms with E-state index in [0.717, 1.165) is 14.4 Å². The highest BCUT2D eigenvalue weighted by molar-refractivity contribution is 7.18. The van der Waals surface area contributed by atoms with E-state index in [1.807, 2.05) is 24.3 Å². The first-order valence-electron chi connectivity index (χ1n) is 5.41. The van der Waals surface area contributed by atoms with Gasteiger partial charge in [-0.3, -0.25) is 4.79 Å². The van der Waals surface area contributed by atoms with Gasteiger partial charge in [0.05, 0.1) is 6.42 Å². The quantitative estimate of drug-likeness (QED) is 0.613. The minimum absolute atomic E-state index is 0.0172. The minimum atomic E-state index is 0.0172. The lowest BCUT2D eigenvalue weighted by atomic mass is 10.3. The number of hydrogen-bond donors (Lipinski definition) is 0. The fraction of sp³-hybridized carbons (Fsp3) is 0.333. The first-order chi connectivity index (χ1) is 8.09. The number of aromatic nitrogens is 1. The largest absolute Gasteiger partial charge is 0.617 e. The summed E-state index contributed by atoms with van der Waals surface area (Å²) in [5.41, 5.74) is 0.706. The van der Waals surface area contributed by atoms with Crippen LogP contribution in [0.2, 0.25) is 0 Å². The number of amides is 1. The number of carbonyl (C=O) groups is 1. The Bertz CT molecular complexity index is 550. The molecule has 0 spiro atoms. The maximum absolute atomic E-state index is 11.9. The van der Waals surface area contributed by atoms with Crippen LogP contribution in [0.1, 0.15) is 11.9 Å². The molecule has 0 unspecified atom stereocenters. The summed E-state index contributed by atoms with van der Waals surface area (Å²) in [5.74, 6) is 0.0172. The summed E-state index contributed by atoms with van der Waals surface area (Å²) in [7, 11) is 1.74. The van der Waals surface area contributed by atoms with E-state index in [1.54, 1.807) is 11.9 Å². The molecule has 1 amide bonds. The van der Waals surface area contributed by atoms with Gasteiger partial charge < -0.3 is 10.1 Å². The fourth-order valence-corrected chi connectivity index (χ4v) is 2.62. The van der Waals surface area contributed by atoms with Gasteiger partial charge >= 0.3 is 0 Å². The van der Waals surface area contributed by atoms with Crippen molar-refractivity contribution in [1.82, 2.24) is 4.90 Å². The van der Waals surface area contributed by atoms with Crippen LogP contribution < -0.4 is 4.73 Å². The van der Waals surface area contributed by atoms with Crippen LogP contribution in [-0.4, -0.2) is 24.4 Å². The van der Waals surface area contributed by atoms with Crippen molar-refractivity contribution in [2.45, 2.75) is 13.3 Å². The van der Waals surface area contributed by atoms with Crippen LogP contribution in [0.15, 0.2) is 24.3 Å². The standard InChI is InChI=1S/C12H14N2O2S/c1-9(15)13(2)8-7-12-14(16)10-5-3-4-6-11(10)17-12/h3-6H,7-8H2,1-2H3. The van der Waals surface area contributed by atoms with Crippen LogP contribution >= 0.6 is 11.3 Å². The van der Waals surface area contributed by atoms with Crippen LogP contribution in [0.25, 0.3) is 10.2 Å². The number of likely N-dealkylation sites (N-methyl/N-ethyl adjacent to an activating group) is 1. The van der Waals surface area contributed by atoms with Crippen molar-refractivity contribution in [3.8, 4) is 0 Å². The number of para-hydroxylation sites is 1. The van der Waals surface area contributed by atoms with E-state index in [-0.39, 0.29) is 5.91 Å². The Kier molecular flexibility index (Phi) is 3.28. The highest BCUT2D eigenvalue weighted by atomic mass is 32.1.